The Kier molecular flexibility index (Phi) is 11.5. The van der Waals surface area contributed by atoms with E-state index in [-0.39, 0.29) is 24.9 Å². The van der Waals surface area contributed by atoms with Crippen LogP contribution in [0, 0.1) is 0 Å². The maximum atomic E-state index is 12.9. The van der Waals surface area contributed by atoms with E-state index in [1.54, 1.807) is 0 Å². The van der Waals surface area contributed by atoms with Crippen LogP contribution in [0.1, 0.15) is 22.3 Å². The largest absolute Gasteiger partial charge is 0.351 e. The fourth-order valence-electron chi connectivity index (χ4n) is 4.51. The molecule has 0 spiro atoms. The first kappa shape index (κ1) is 28.7. The highest BCUT2D eigenvalue weighted by molar-refractivity contribution is 5.78. The van der Waals surface area contributed by atoms with Gasteiger partial charge in [-0.1, -0.05) is 121 Å². The number of hydrogen-bond donors (Lipinski definition) is 2. The van der Waals surface area contributed by atoms with E-state index in [2.05, 4.69) is 44.7 Å². The van der Waals surface area contributed by atoms with Crippen molar-refractivity contribution in [3.8, 4) is 0 Å². The van der Waals surface area contributed by atoms with E-state index in [0.717, 1.165) is 22.3 Å². The van der Waals surface area contributed by atoms with Gasteiger partial charge in [-0.15, -0.1) is 0 Å². The van der Waals surface area contributed by atoms with E-state index >= 15 is 0 Å². The first-order valence-corrected chi connectivity index (χ1v) is 13.8. The quantitative estimate of drug-likeness (QED) is 0.234. The average molecular weight is 535 g/mol. The van der Waals surface area contributed by atoms with Crippen LogP contribution in [0.3, 0.4) is 0 Å². The molecule has 0 radical (unpaired) electrons. The lowest BCUT2D eigenvalue weighted by Gasteiger charge is -2.27. The molecule has 6 nitrogen and oxygen atoms in total. The lowest BCUT2D eigenvalue weighted by atomic mass is 10.2. The third-order valence-electron chi connectivity index (χ3n) is 6.63. The fourth-order valence-corrected chi connectivity index (χ4v) is 4.51. The summed E-state index contributed by atoms with van der Waals surface area (Å²) in [7, 11) is 0. The predicted octanol–water partition coefficient (Wildman–Crippen LogP) is 4.62. The minimum absolute atomic E-state index is 0.0185. The van der Waals surface area contributed by atoms with Gasteiger partial charge in [0.15, 0.2) is 0 Å². The van der Waals surface area contributed by atoms with Crippen LogP contribution >= 0.6 is 0 Å². The Balaban J connectivity index is 1.38. The van der Waals surface area contributed by atoms with Gasteiger partial charge in [-0.05, 0) is 22.3 Å². The van der Waals surface area contributed by atoms with E-state index in [9.17, 15) is 9.59 Å². The molecule has 2 amide bonds. The molecule has 0 aromatic heterocycles. The molecule has 2 N–H and O–H groups in total. The zero-order chi connectivity index (χ0) is 27.8. The minimum Gasteiger partial charge on any atom is -0.351 e. The van der Waals surface area contributed by atoms with Gasteiger partial charge in [-0.25, -0.2) is 0 Å². The predicted molar refractivity (Wildman–Crippen MR) is 160 cm³/mol. The summed E-state index contributed by atoms with van der Waals surface area (Å²) in [5.74, 6) is -0.0370. The van der Waals surface area contributed by atoms with Crippen molar-refractivity contribution in [3.05, 3.63) is 144 Å². The van der Waals surface area contributed by atoms with Crippen LogP contribution in [0.25, 0.3) is 0 Å². The summed E-state index contributed by atoms with van der Waals surface area (Å²) >= 11 is 0. The molecule has 0 saturated carbocycles. The van der Waals surface area contributed by atoms with Crippen molar-refractivity contribution in [3.63, 3.8) is 0 Å². The third kappa shape index (κ3) is 10.5. The van der Waals surface area contributed by atoms with Crippen molar-refractivity contribution in [2.75, 3.05) is 26.2 Å². The van der Waals surface area contributed by atoms with E-state index in [1.165, 1.54) is 0 Å². The van der Waals surface area contributed by atoms with Gasteiger partial charge in [-0.3, -0.25) is 19.4 Å². The Labute approximate surface area is 237 Å². The maximum Gasteiger partial charge on any atom is 0.234 e. The van der Waals surface area contributed by atoms with Crippen LogP contribution in [0.4, 0.5) is 0 Å². The summed E-state index contributed by atoms with van der Waals surface area (Å²) < 4.78 is 0. The first-order valence-electron chi connectivity index (χ1n) is 13.8. The second-order valence-corrected chi connectivity index (χ2v) is 9.92. The maximum absolute atomic E-state index is 12.9. The van der Waals surface area contributed by atoms with Crippen LogP contribution in [0.15, 0.2) is 121 Å². The van der Waals surface area contributed by atoms with Gasteiger partial charge in [0.1, 0.15) is 0 Å². The second kappa shape index (κ2) is 16.0. The molecule has 40 heavy (non-hydrogen) atoms. The normalized spacial score (nSPS) is 10.9. The van der Waals surface area contributed by atoms with Crippen LogP contribution in [0.5, 0.6) is 0 Å². The molecule has 0 aliphatic rings. The van der Waals surface area contributed by atoms with Gasteiger partial charge in [0.2, 0.25) is 11.8 Å². The highest BCUT2D eigenvalue weighted by Crippen LogP contribution is 2.08. The van der Waals surface area contributed by atoms with Crippen LogP contribution in [-0.4, -0.2) is 47.8 Å². The van der Waals surface area contributed by atoms with Crippen molar-refractivity contribution < 1.29 is 9.59 Å². The lowest BCUT2D eigenvalue weighted by molar-refractivity contribution is -0.124. The number of carbonyl (C=O) groups excluding carboxylic acids is 2. The summed E-state index contributed by atoms with van der Waals surface area (Å²) in [4.78, 5) is 30.1. The van der Waals surface area contributed by atoms with E-state index < -0.39 is 0 Å². The minimum atomic E-state index is -0.0185. The highest BCUT2D eigenvalue weighted by Gasteiger charge is 2.16. The van der Waals surface area contributed by atoms with E-state index in [1.807, 2.05) is 97.1 Å². The van der Waals surface area contributed by atoms with Crippen LogP contribution in [0.2, 0.25) is 0 Å². The van der Waals surface area contributed by atoms with Gasteiger partial charge in [0.25, 0.3) is 0 Å². The SMILES string of the molecule is O=C(CN(CCN(CC(=O)NCc1ccccc1)Cc1ccccc1)Cc1ccccc1)NCc1ccccc1. The number of nitrogens with zero attached hydrogens (tertiary/aromatic N) is 2. The number of hydrogen-bond acceptors (Lipinski definition) is 4. The third-order valence-corrected chi connectivity index (χ3v) is 6.63. The topological polar surface area (TPSA) is 64.7 Å². The standard InChI is InChI=1S/C34H38N4O2/c39-33(35-23-29-13-5-1-6-14-29)27-37(25-31-17-9-3-10-18-31)21-22-38(26-32-19-11-4-12-20-32)28-34(40)36-24-30-15-7-2-8-16-30/h1-20H,21-28H2,(H,35,39)(H,36,40). The zero-order valence-electron chi connectivity index (χ0n) is 22.9. The zero-order valence-corrected chi connectivity index (χ0v) is 22.9. The number of nitrogens with one attached hydrogen (secondary N) is 2. The molecule has 0 fully saturated rings. The molecule has 0 bridgehead atoms. The molecule has 0 saturated heterocycles. The number of carbonyl (C=O) groups is 2. The average Bonchev–Trinajstić information content (AvgIpc) is 3.00. The molecule has 4 aromatic carbocycles. The summed E-state index contributed by atoms with van der Waals surface area (Å²) in [6, 6.07) is 40.2. The molecule has 0 unspecified atom stereocenters. The molecule has 6 heteroatoms. The van der Waals surface area contributed by atoms with Crippen molar-refractivity contribution in [2.45, 2.75) is 26.2 Å². The van der Waals surface area contributed by atoms with Gasteiger partial charge >= 0.3 is 0 Å². The monoisotopic (exact) mass is 534 g/mol. The van der Waals surface area contributed by atoms with Crippen molar-refractivity contribution in [1.29, 1.82) is 0 Å². The summed E-state index contributed by atoms with van der Waals surface area (Å²) in [6.45, 7) is 4.15. The highest BCUT2D eigenvalue weighted by atomic mass is 16.2. The molecule has 0 atom stereocenters. The van der Waals surface area contributed by atoms with Gasteiger partial charge in [0.05, 0.1) is 13.1 Å². The van der Waals surface area contributed by atoms with Crippen molar-refractivity contribution in [1.82, 2.24) is 20.4 Å². The molecule has 206 valence electrons. The Morgan fingerprint density at radius 3 is 1.07 bits per heavy atom. The van der Waals surface area contributed by atoms with Gasteiger partial charge in [0, 0.05) is 39.3 Å². The molecular weight excluding hydrogens is 496 g/mol. The Morgan fingerprint density at radius 2 is 0.750 bits per heavy atom. The second-order valence-electron chi connectivity index (χ2n) is 9.92. The first-order chi connectivity index (χ1) is 19.6. The number of amides is 2. The Bertz CT molecular complexity index is 1180. The van der Waals surface area contributed by atoms with E-state index in [0.29, 0.717) is 39.3 Å². The van der Waals surface area contributed by atoms with E-state index in [4.69, 9.17) is 0 Å². The van der Waals surface area contributed by atoms with Gasteiger partial charge < -0.3 is 10.6 Å². The molecular formula is C34H38N4O2. The molecule has 4 rings (SSSR count). The lowest BCUT2D eigenvalue weighted by Crippen LogP contribution is -2.43. The molecule has 4 aromatic rings. The van der Waals surface area contributed by atoms with Crippen LogP contribution in [-0.2, 0) is 35.8 Å². The van der Waals surface area contributed by atoms with Gasteiger partial charge in [-0.2, -0.15) is 0 Å². The Hall–Kier alpha value is -4.26. The summed E-state index contributed by atoms with van der Waals surface area (Å²) in [6.07, 6.45) is 0. The number of rotatable bonds is 15. The smallest absolute Gasteiger partial charge is 0.234 e. The fraction of sp³-hybridized carbons (Fsp3) is 0.235. The van der Waals surface area contributed by atoms with Crippen LogP contribution < -0.4 is 10.6 Å². The summed E-state index contributed by atoms with van der Waals surface area (Å²) in [5, 5.41) is 6.10. The van der Waals surface area contributed by atoms with Crippen molar-refractivity contribution in [2.24, 2.45) is 0 Å². The van der Waals surface area contributed by atoms with Crippen molar-refractivity contribution >= 4 is 11.8 Å². The molecule has 0 heterocycles. The molecule has 0 aliphatic heterocycles. The number of benzene rings is 4. The summed E-state index contributed by atoms with van der Waals surface area (Å²) in [5.41, 5.74) is 4.43. The Morgan fingerprint density at radius 1 is 0.450 bits per heavy atom. The molecule has 0 aliphatic carbocycles.